The van der Waals surface area contributed by atoms with E-state index in [1.807, 2.05) is 6.92 Å². The predicted molar refractivity (Wildman–Crippen MR) is 112 cm³/mol. The molecule has 1 saturated heterocycles. The van der Waals surface area contributed by atoms with E-state index in [9.17, 15) is 13.2 Å². The van der Waals surface area contributed by atoms with Crippen molar-refractivity contribution in [3.63, 3.8) is 0 Å². The number of rotatable bonds is 7. The molecular formula is C20H27ClN2O4S. The number of halogens is 1. The number of hydrogen-bond acceptors (Lipinski definition) is 5. The van der Waals surface area contributed by atoms with Crippen LogP contribution in [0.15, 0.2) is 22.6 Å². The molecule has 0 radical (unpaired) electrons. The fraction of sp³-hybridized carbons (Fsp3) is 0.550. The van der Waals surface area contributed by atoms with Crippen molar-refractivity contribution < 1.29 is 17.6 Å². The normalized spacial score (nSPS) is 18.8. The zero-order chi connectivity index (χ0) is 20.5. The van der Waals surface area contributed by atoms with Crippen LogP contribution in [0.4, 0.5) is 0 Å². The van der Waals surface area contributed by atoms with Gasteiger partial charge < -0.3 is 14.2 Å². The van der Waals surface area contributed by atoms with E-state index in [4.69, 9.17) is 16.0 Å². The molecule has 3 rings (SSSR count). The van der Waals surface area contributed by atoms with Gasteiger partial charge in [-0.15, -0.1) is 0 Å². The molecule has 1 aromatic heterocycles. The molecule has 0 spiro atoms. The lowest BCUT2D eigenvalue weighted by Gasteiger charge is -2.30. The molecule has 0 N–H and O–H groups in total. The lowest BCUT2D eigenvalue weighted by Crippen LogP contribution is -2.45. The third-order valence-electron chi connectivity index (χ3n) is 5.55. The summed E-state index contributed by atoms with van der Waals surface area (Å²) in [6, 6.07) is 4.95. The van der Waals surface area contributed by atoms with Gasteiger partial charge in [-0.3, -0.25) is 4.79 Å². The summed E-state index contributed by atoms with van der Waals surface area (Å²) < 4.78 is 29.9. The number of nitrogens with zero attached hydrogens (tertiary/aromatic N) is 2. The van der Waals surface area contributed by atoms with Gasteiger partial charge in [0.1, 0.15) is 5.58 Å². The summed E-state index contributed by atoms with van der Waals surface area (Å²) in [5.41, 5.74) is 1.34. The second-order valence-electron chi connectivity index (χ2n) is 7.28. The summed E-state index contributed by atoms with van der Waals surface area (Å²) in [6.45, 7) is 8.90. The molecular weight excluding hydrogens is 400 g/mol. The molecule has 154 valence electrons. The summed E-state index contributed by atoms with van der Waals surface area (Å²) in [4.78, 5) is 17.3. The van der Waals surface area contributed by atoms with Crippen molar-refractivity contribution in [1.82, 2.24) is 9.80 Å². The highest BCUT2D eigenvalue weighted by Gasteiger charge is 2.36. The Bertz CT molecular complexity index is 966. The highest BCUT2D eigenvalue weighted by molar-refractivity contribution is 7.91. The van der Waals surface area contributed by atoms with Crippen LogP contribution < -0.4 is 0 Å². The molecule has 2 aromatic rings. The molecule has 1 aliphatic rings. The smallest absolute Gasteiger partial charge is 0.290 e. The van der Waals surface area contributed by atoms with Gasteiger partial charge in [-0.2, -0.15) is 0 Å². The second-order valence-corrected chi connectivity index (χ2v) is 9.94. The van der Waals surface area contributed by atoms with Gasteiger partial charge in [-0.25, -0.2) is 8.42 Å². The molecule has 0 saturated carbocycles. The molecule has 1 aliphatic heterocycles. The van der Waals surface area contributed by atoms with Crippen LogP contribution in [-0.4, -0.2) is 67.9 Å². The van der Waals surface area contributed by atoms with Gasteiger partial charge in [-0.05, 0) is 44.6 Å². The fourth-order valence-corrected chi connectivity index (χ4v) is 5.69. The van der Waals surface area contributed by atoms with Gasteiger partial charge in [-0.1, -0.05) is 25.4 Å². The van der Waals surface area contributed by atoms with Crippen molar-refractivity contribution in [3.8, 4) is 0 Å². The summed E-state index contributed by atoms with van der Waals surface area (Å²) >= 11 is 6.08. The average molecular weight is 427 g/mol. The molecule has 2 heterocycles. The van der Waals surface area contributed by atoms with Crippen LogP contribution in [-0.2, 0) is 9.84 Å². The molecule has 8 heteroatoms. The summed E-state index contributed by atoms with van der Waals surface area (Å²) in [5.74, 6) is 0.156. The summed E-state index contributed by atoms with van der Waals surface area (Å²) in [5, 5.41) is 1.38. The minimum Gasteiger partial charge on any atom is -0.451 e. The van der Waals surface area contributed by atoms with Crippen LogP contribution in [0.2, 0.25) is 5.02 Å². The fourth-order valence-electron chi connectivity index (χ4n) is 3.79. The van der Waals surface area contributed by atoms with Crippen molar-refractivity contribution in [2.45, 2.75) is 33.2 Å². The first-order valence-corrected chi connectivity index (χ1v) is 11.9. The second kappa shape index (κ2) is 8.43. The quantitative estimate of drug-likeness (QED) is 0.678. The van der Waals surface area contributed by atoms with E-state index in [0.717, 1.165) is 24.0 Å². The van der Waals surface area contributed by atoms with E-state index in [1.165, 1.54) is 0 Å². The number of likely N-dealkylation sites (N-methyl/N-ethyl adjacent to an activating group) is 1. The van der Waals surface area contributed by atoms with Crippen LogP contribution >= 0.6 is 11.6 Å². The highest BCUT2D eigenvalue weighted by Crippen LogP contribution is 2.30. The van der Waals surface area contributed by atoms with Crippen LogP contribution in [0.25, 0.3) is 11.0 Å². The van der Waals surface area contributed by atoms with Gasteiger partial charge in [0.05, 0.1) is 11.5 Å². The minimum atomic E-state index is -3.10. The molecule has 0 aliphatic carbocycles. The molecule has 1 aromatic carbocycles. The number of furan rings is 1. The molecule has 0 bridgehead atoms. The summed E-state index contributed by atoms with van der Waals surface area (Å²) in [6.07, 6.45) is 0.470. The largest absolute Gasteiger partial charge is 0.451 e. The standard InChI is InChI=1S/C20H27ClN2O4S/c1-4-22(5-2)9-10-23(16-8-11-28(25,26)13-16)20(24)19-14(3)17-12-15(21)6-7-18(17)27-19/h6-7,12,16H,4-5,8-11,13H2,1-3H3. The summed E-state index contributed by atoms with van der Waals surface area (Å²) in [7, 11) is -3.10. The predicted octanol–water partition coefficient (Wildman–Crippen LogP) is 3.37. The van der Waals surface area contributed by atoms with Crippen LogP contribution in [0.1, 0.15) is 36.4 Å². The number of aryl methyl sites for hydroxylation is 1. The minimum absolute atomic E-state index is 0.0160. The Morgan fingerprint density at radius 2 is 1.96 bits per heavy atom. The van der Waals surface area contributed by atoms with Gasteiger partial charge in [0.15, 0.2) is 15.6 Å². The highest BCUT2D eigenvalue weighted by atomic mass is 35.5. The van der Waals surface area contributed by atoms with E-state index in [1.54, 1.807) is 23.1 Å². The first-order chi connectivity index (χ1) is 13.3. The van der Waals surface area contributed by atoms with E-state index in [0.29, 0.717) is 30.1 Å². The lowest BCUT2D eigenvalue weighted by molar-refractivity contribution is 0.0643. The van der Waals surface area contributed by atoms with Crippen LogP contribution in [0.3, 0.4) is 0 Å². The van der Waals surface area contributed by atoms with Crippen LogP contribution in [0, 0.1) is 6.92 Å². The number of fused-ring (bicyclic) bond motifs is 1. The topological polar surface area (TPSA) is 70.8 Å². The molecule has 6 nitrogen and oxygen atoms in total. The Kier molecular flexibility index (Phi) is 6.37. The molecule has 1 unspecified atom stereocenters. The van der Waals surface area contributed by atoms with E-state index in [-0.39, 0.29) is 29.2 Å². The average Bonchev–Trinajstić information content (AvgIpc) is 3.18. The van der Waals surface area contributed by atoms with Crippen molar-refractivity contribution in [1.29, 1.82) is 0 Å². The third-order valence-corrected chi connectivity index (χ3v) is 7.54. The van der Waals surface area contributed by atoms with Gasteiger partial charge >= 0.3 is 0 Å². The van der Waals surface area contributed by atoms with Gasteiger partial charge in [0.25, 0.3) is 5.91 Å². The van der Waals surface area contributed by atoms with E-state index in [2.05, 4.69) is 18.7 Å². The maximum absolute atomic E-state index is 13.4. The zero-order valence-electron chi connectivity index (χ0n) is 16.6. The number of carbonyl (C=O) groups excluding carboxylic acids is 1. The SMILES string of the molecule is CCN(CC)CCN(C(=O)c1oc2ccc(Cl)cc2c1C)C1CCS(=O)(=O)C1. The van der Waals surface area contributed by atoms with Gasteiger partial charge in [0.2, 0.25) is 0 Å². The van der Waals surface area contributed by atoms with Crippen LogP contribution in [0.5, 0.6) is 0 Å². The zero-order valence-corrected chi connectivity index (χ0v) is 18.1. The maximum Gasteiger partial charge on any atom is 0.290 e. The van der Waals surface area contributed by atoms with E-state index < -0.39 is 9.84 Å². The molecule has 1 fully saturated rings. The Morgan fingerprint density at radius 3 is 2.57 bits per heavy atom. The number of hydrogen-bond donors (Lipinski definition) is 0. The Balaban J connectivity index is 1.92. The number of carbonyl (C=O) groups is 1. The Morgan fingerprint density at radius 1 is 1.25 bits per heavy atom. The Labute approximate surface area is 171 Å². The first-order valence-electron chi connectivity index (χ1n) is 9.68. The Hall–Kier alpha value is -1.57. The molecule has 28 heavy (non-hydrogen) atoms. The first kappa shape index (κ1) is 21.1. The number of amides is 1. The molecule has 1 amide bonds. The number of sulfone groups is 1. The van der Waals surface area contributed by atoms with Crippen molar-refractivity contribution >= 4 is 38.3 Å². The number of benzene rings is 1. The van der Waals surface area contributed by atoms with Crippen molar-refractivity contribution in [2.75, 3.05) is 37.7 Å². The maximum atomic E-state index is 13.4. The molecule has 1 atom stereocenters. The van der Waals surface area contributed by atoms with Crippen molar-refractivity contribution in [2.24, 2.45) is 0 Å². The monoisotopic (exact) mass is 426 g/mol. The van der Waals surface area contributed by atoms with Gasteiger partial charge in [0, 0.05) is 35.1 Å². The lowest BCUT2D eigenvalue weighted by atomic mass is 10.1. The van der Waals surface area contributed by atoms with E-state index >= 15 is 0 Å². The third kappa shape index (κ3) is 4.36. The van der Waals surface area contributed by atoms with Crippen molar-refractivity contribution in [3.05, 3.63) is 34.5 Å².